The van der Waals surface area contributed by atoms with E-state index in [0.717, 1.165) is 37.3 Å². The van der Waals surface area contributed by atoms with E-state index in [4.69, 9.17) is 4.74 Å². The number of likely N-dealkylation sites (tertiary alicyclic amines) is 1. The maximum absolute atomic E-state index is 12.2. The molecule has 1 aromatic rings. The minimum atomic E-state index is -0.449. The van der Waals surface area contributed by atoms with Gasteiger partial charge in [-0.3, -0.25) is 0 Å². The summed E-state index contributed by atoms with van der Waals surface area (Å²) in [6, 6.07) is 1.95. The minimum absolute atomic E-state index is 0.218. The molecule has 1 unspecified atom stereocenters. The molecule has 0 bridgehead atoms. The fourth-order valence-corrected chi connectivity index (χ4v) is 2.76. The van der Waals surface area contributed by atoms with E-state index in [1.807, 2.05) is 45.6 Å². The van der Waals surface area contributed by atoms with Crippen molar-refractivity contribution in [1.29, 1.82) is 0 Å². The van der Waals surface area contributed by atoms with E-state index in [2.05, 4.69) is 15.3 Å². The van der Waals surface area contributed by atoms with Crippen molar-refractivity contribution in [1.82, 2.24) is 14.9 Å². The average molecular weight is 320 g/mol. The SMILES string of the molecule is Cc1cc(C)nc(NCC2CCCN(C(=O)OC(C)(C)C)C2)n1. The molecule has 1 aliphatic heterocycles. The molecule has 6 nitrogen and oxygen atoms in total. The Hall–Kier alpha value is -1.85. The van der Waals surface area contributed by atoms with Crippen molar-refractivity contribution < 1.29 is 9.53 Å². The van der Waals surface area contributed by atoms with E-state index < -0.39 is 5.60 Å². The van der Waals surface area contributed by atoms with Crippen LogP contribution < -0.4 is 5.32 Å². The summed E-state index contributed by atoms with van der Waals surface area (Å²) in [6.07, 6.45) is 1.88. The van der Waals surface area contributed by atoms with Gasteiger partial charge < -0.3 is 15.0 Å². The molecule has 1 atom stereocenters. The van der Waals surface area contributed by atoms with E-state index in [1.165, 1.54) is 0 Å². The van der Waals surface area contributed by atoms with Crippen molar-refractivity contribution in [3.63, 3.8) is 0 Å². The maximum atomic E-state index is 12.2. The number of aryl methyl sites for hydroxylation is 2. The number of carbonyl (C=O) groups is 1. The van der Waals surface area contributed by atoms with Gasteiger partial charge in [-0.1, -0.05) is 0 Å². The first-order valence-corrected chi connectivity index (χ1v) is 8.27. The highest BCUT2D eigenvalue weighted by Crippen LogP contribution is 2.19. The van der Waals surface area contributed by atoms with Crippen LogP contribution in [0.5, 0.6) is 0 Å². The zero-order valence-electron chi connectivity index (χ0n) is 14.8. The van der Waals surface area contributed by atoms with Crippen LogP contribution in [0, 0.1) is 19.8 Å². The van der Waals surface area contributed by atoms with Crippen LogP contribution in [-0.4, -0.2) is 46.2 Å². The van der Waals surface area contributed by atoms with Gasteiger partial charge >= 0.3 is 6.09 Å². The molecule has 0 saturated carbocycles. The zero-order valence-corrected chi connectivity index (χ0v) is 14.8. The smallest absolute Gasteiger partial charge is 0.410 e. The Morgan fingerprint density at radius 3 is 2.61 bits per heavy atom. The van der Waals surface area contributed by atoms with Crippen molar-refractivity contribution in [2.45, 2.75) is 53.1 Å². The molecule has 0 aromatic carbocycles. The van der Waals surface area contributed by atoms with Crippen LogP contribution in [0.4, 0.5) is 10.7 Å². The predicted molar refractivity (Wildman–Crippen MR) is 90.5 cm³/mol. The van der Waals surface area contributed by atoms with E-state index in [1.54, 1.807) is 0 Å². The van der Waals surface area contributed by atoms with Crippen molar-refractivity contribution >= 4 is 12.0 Å². The summed E-state index contributed by atoms with van der Waals surface area (Å²) < 4.78 is 5.46. The fraction of sp³-hybridized carbons (Fsp3) is 0.706. The number of hydrogen-bond donors (Lipinski definition) is 1. The first-order chi connectivity index (χ1) is 10.7. The number of aromatic nitrogens is 2. The molecule has 23 heavy (non-hydrogen) atoms. The summed E-state index contributed by atoms with van der Waals surface area (Å²) in [4.78, 5) is 22.8. The summed E-state index contributed by atoms with van der Waals surface area (Å²) in [7, 11) is 0. The van der Waals surface area contributed by atoms with Crippen molar-refractivity contribution in [2.24, 2.45) is 5.92 Å². The van der Waals surface area contributed by atoms with E-state index in [9.17, 15) is 4.79 Å². The molecule has 0 spiro atoms. The first-order valence-electron chi connectivity index (χ1n) is 8.27. The molecule has 1 amide bonds. The maximum Gasteiger partial charge on any atom is 0.410 e. The predicted octanol–water partition coefficient (Wildman–Crippen LogP) is 3.15. The molecule has 128 valence electrons. The van der Waals surface area contributed by atoms with E-state index >= 15 is 0 Å². The highest BCUT2D eigenvalue weighted by Gasteiger charge is 2.27. The summed E-state index contributed by atoms with van der Waals surface area (Å²) in [6.45, 7) is 11.9. The molecule has 1 N–H and O–H groups in total. The topological polar surface area (TPSA) is 67.4 Å². The molecule has 1 aliphatic rings. The largest absolute Gasteiger partial charge is 0.444 e. The van der Waals surface area contributed by atoms with Crippen LogP contribution in [0.3, 0.4) is 0 Å². The Morgan fingerprint density at radius 2 is 2.00 bits per heavy atom. The number of nitrogens with one attached hydrogen (secondary N) is 1. The van der Waals surface area contributed by atoms with Crippen LogP contribution in [0.1, 0.15) is 45.0 Å². The molecule has 1 aromatic heterocycles. The molecular formula is C17H28N4O2. The second kappa shape index (κ2) is 7.15. The molecule has 2 rings (SSSR count). The molecule has 6 heteroatoms. The second-order valence-electron chi connectivity index (χ2n) is 7.29. The van der Waals surface area contributed by atoms with Crippen molar-refractivity contribution in [2.75, 3.05) is 25.0 Å². The Labute approximate surface area is 138 Å². The Morgan fingerprint density at radius 1 is 1.35 bits per heavy atom. The third-order valence-corrected chi connectivity index (χ3v) is 3.70. The van der Waals surface area contributed by atoms with Crippen LogP contribution in [0.25, 0.3) is 0 Å². The molecule has 2 heterocycles. The summed E-state index contributed by atoms with van der Waals surface area (Å²) in [5.41, 5.74) is 1.47. The van der Waals surface area contributed by atoms with Gasteiger partial charge in [0.15, 0.2) is 0 Å². The van der Waals surface area contributed by atoms with Gasteiger partial charge in [-0.25, -0.2) is 14.8 Å². The third kappa shape index (κ3) is 5.69. The Bertz CT molecular complexity index is 534. The van der Waals surface area contributed by atoms with Gasteiger partial charge in [-0.05, 0) is 59.4 Å². The number of anilines is 1. The van der Waals surface area contributed by atoms with Gasteiger partial charge in [0.1, 0.15) is 5.60 Å². The summed E-state index contributed by atoms with van der Waals surface area (Å²) in [5, 5.41) is 3.30. The van der Waals surface area contributed by atoms with Crippen LogP contribution in [0.15, 0.2) is 6.07 Å². The Kier molecular flexibility index (Phi) is 5.44. The van der Waals surface area contributed by atoms with E-state index in [-0.39, 0.29) is 6.09 Å². The van der Waals surface area contributed by atoms with Gasteiger partial charge in [0.25, 0.3) is 0 Å². The fourth-order valence-electron chi connectivity index (χ4n) is 2.76. The summed E-state index contributed by atoms with van der Waals surface area (Å²) >= 11 is 0. The average Bonchev–Trinajstić information content (AvgIpc) is 2.43. The molecule has 0 aliphatic carbocycles. The number of rotatable bonds is 3. The lowest BCUT2D eigenvalue weighted by molar-refractivity contribution is 0.0172. The summed E-state index contributed by atoms with van der Waals surface area (Å²) in [5.74, 6) is 1.05. The lowest BCUT2D eigenvalue weighted by Crippen LogP contribution is -2.44. The third-order valence-electron chi connectivity index (χ3n) is 3.70. The number of piperidine rings is 1. The molecule has 1 saturated heterocycles. The van der Waals surface area contributed by atoms with Crippen LogP contribution >= 0.6 is 0 Å². The number of nitrogens with zero attached hydrogens (tertiary/aromatic N) is 3. The number of carbonyl (C=O) groups excluding carboxylic acids is 1. The van der Waals surface area contributed by atoms with Gasteiger partial charge in [0.2, 0.25) is 5.95 Å². The monoisotopic (exact) mass is 320 g/mol. The minimum Gasteiger partial charge on any atom is -0.444 e. The lowest BCUT2D eigenvalue weighted by Gasteiger charge is -2.34. The highest BCUT2D eigenvalue weighted by atomic mass is 16.6. The highest BCUT2D eigenvalue weighted by molar-refractivity contribution is 5.68. The molecular weight excluding hydrogens is 292 g/mol. The van der Waals surface area contributed by atoms with Gasteiger partial charge in [0, 0.05) is 31.0 Å². The van der Waals surface area contributed by atoms with Gasteiger partial charge in [-0.2, -0.15) is 0 Å². The second-order valence-corrected chi connectivity index (χ2v) is 7.29. The van der Waals surface area contributed by atoms with Gasteiger partial charge in [0.05, 0.1) is 0 Å². The molecule has 1 fully saturated rings. The van der Waals surface area contributed by atoms with Gasteiger partial charge in [-0.15, -0.1) is 0 Å². The first kappa shape index (κ1) is 17.5. The molecule has 0 radical (unpaired) electrons. The quantitative estimate of drug-likeness (QED) is 0.926. The van der Waals surface area contributed by atoms with E-state index in [0.29, 0.717) is 18.4 Å². The lowest BCUT2D eigenvalue weighted by atomic mass is 9.98. The van der Waals surface area contributed by atoms with Crippen molar-refractivity contribution in [3.8, 4) is 0 Å². The standard InChI is InChI=1S/C17H28N4O2/c1-12-9-13(2)20-15(19-12)18-10-14-7-6-8-21(11-14)16(22)23-17(3,4)5/h9,14H,6-8,10-11H2,1-5H3,(H,18,19,20). The van der Waals surface area contributed by atoms with Crippen LogP contribution in [0.2, 0.25) is 0 Å². The normalized spacial score (nSPS) is 18.7. The zero-order chi connectivity index (χ0) is 17.0. The Balaban J connectivity index is 1.87. The number of amides is 1. The number of ether oxygens (including phenoxy) is 1. The van der Waals surface area contributed by atoms with Crippen molar-refractivity contribution in [3.05, 3.63) is 17.5 Å². The number of hydrogen-bond acceptors (Lipinski definition) is 5. The van der Waals surface area contributed by atoms with Crippen LogP contribution in [-0.2, 0) is 4.74 Å².